The van der Waals surface area contributed by atoms with Crippen LogP contribution < -0.4 is 0 Å². The van der Waals surface area contributed by atoms with Gasteiger partial charge in [0.2, 0.25) is 0 Å². The highest BCUT2D eigenvalue weighted by Gasteiger charge is 2.38. The fourth-order valence-corrected chi connectivity index (χ4v) is 18.2. The molecule has 0 aliphatic heterocycles. The fraction of sp³-hybridized carbons (Fsp3) is 0.0508. The molecular formula is C118H83F. The van der Waals surface area contributed by atoms with Crippen LogP contribution in [0.15, 0.2) is 430 Å². The molecule has 0 saturated heterocycles. The molecule has 1 heteroatoms. The van der Waals surface area contributed by atoms with Gasteiger partial charge in [-0.15, -0.1) is 0 Å². The Morgan fingerprint density at radius 3 is 1.13 bits per heavy atom. The molecule has 0 saturated carbocycles. The number of rotatable bonds is 9. The van der Waals surface area contributed by atoms with Crippen molar-refractivity contribution in [1.82, 2.24) is 0 Å². The van der Waals surface area contributed by atoms with E-state index in [2.05, 4.69) is 76.2 Å². The maximum absolute atomic E-state index is 14.9. The number of benzene rings is 21. The van der Waals surface area contributed by atoms with Crippen molar-refractivity contribution in [1.29, 1.82) is 0 Å². The van der Waals surface area contributed by atoms with Gasteiger partial charge in [-0.1, -0.05) is 433 Å². The fourth-order valence-electron chi connectivity index (χ4n) is 18.2. The van der Waals surface area contributed by atoms with E-state index in [0.29, 0.717) is 38.4 Å². The SMILES string of the molecule is [2H]c1c([2H])c([2H])c(-c2c3c([2H])c([2H])c([2H])c([2H])c3c(-c3ccc(-c4cccc5c4C(C)(C)c4ccccc4-5)cc3)c3c([2H])c([2H])c([2H])c([2H])c23)c([2H])c1[2H].[2H]c1c([2H])c([2H])c(-c2ccccc2-c2c3c([2H])c([2H])c([2H])c([2H])c3c(-c3ccc4cccc(-c5ccccc5)c4c3)c3c([2H])c([2H])c([2H])c([2H])c23)c([2H])c1[2H].[2H]c1c([2H])c([2H])c2c(-c3ccccc3)c3cc(F)ccc3c(-c3ccc4c(c3)C(C)(C)c3ccccc3-4)c2c1[2H]. The van der Waals surface area contributed by atoms with Crippen LogP contribution >= 0.6 is 0 Å². The van der Waals surface area contributed by atoms with E-state index in [1.165, 1.54) is 34.9 Å². The third-order valence-corrected chi connectivity index (χ3v) is 23.4. The summed E-state index contributed by atoms with van der Waals surface area (Å²) >= 11 is 0. The molecule has 0 unspecified atom stereocenters. The molecule has 23 rings (SSSR count). The van der Waals surface area contributed by atoms with Crippen molar-refractivity contribution in [3.63, 3.8) is 0 Å². The topological polar surface area (TPSA) is 0 Å². The van der Waals surface area contributed by atoms with Crippen LogP contribution in [0.4, 0.5) is 4.39 Å². The van der Waals surface area contributed by atoms with Crippen molar-refractivity contribution in [3.8, 4) is 122 Å². The Bertz CT molecular complexity index is 9290. The summed E-state index contributed by atoms with van der Waals surface area (Å²) in [7, 11) is 0. The summed E-state index contributed by atoms with van der Waals surface area (Å²) in [4.78, 5) is 0. The van der Waals surface area contributed by atoms with Crippen molar-refractivity contribution in [2.75, 3.05) is 0 Å². The second-order valence-corrected chi connectivity index (χ2v) is 30.6. The van der Waals surface area contributed by atoms with Gasteiger partial charge in [-0.25, -0.2) is 4.39 Å². The van der Waals surface area contributed by atoms with Gasteiger partial charge in [0.15, 0.2) is 0 Å². The molecule has 0 amide bonds. The van der Waals surface area contributed by atoms with Gasteiger partial charge < -0.3 is 0 Å². The van der Waals surface area contributed by atoms with E-state index in [4.69, 9.17) is 32.9 Å². The summed E-state index contributed by atoms with van der Waals surface area (Å²) in [5.41, 5.74) is 16.0. The predicted molar refractivity (Wildman–Crippen MR) is 506 cm³/mol. The first-order valence-electron chi connectivity index (χ1n) is 54.0. The summed E-state index contributed by atoms with van der Waals surface area (Å²) in [6.45, 7) is 8.78. The first kappa shape index (κ1) is 46.8. The molecule has 119 heavy (non-hydrogen) atoms. The third-order valence-electron chi connectivity index (χ3n) is 23.4. The van der Waals surface area contributed by atoms with Gasteiger partial charge in [-0.2, -0.15) is 0 Å². The molecule has 0 bridgehead atoms. The van der Waals surface area contributed by atoms with Gasteiger partial charge >= 0.3 is 0 Å². The first-order valence-corrected chi connectivity index (χ1v) is 39.0. The van der Waals surface area contributed by atoms with E-state index in [1.54, 1.807) is 42.5 Å². The number of hydrogen-bond donors (Lipinski definition) is 0. The highest BCUT2D eigenvalue weighted by atomic mass is 19.1. The third kappa shape index (κ3) is 12.3. The van der Waals surface area contributed by atoms with E-state index in [0.717, 1.165) is 77.4 Å². The molecule has 21 aromatic carbocycles. The molecule has 21 aromatic rings. The molecule has 0 spiro atoms. The van der Waals surface area contributed by atoms with Crippen LogP contribution in [0.3, 0.4) is 0 Å². The summed E-state index contributed by atoms with van der Waals surface area (Å²) in [6, 6.07) is 62.1. The summed E-state index contributed by atoms with van der Waals surface area (Å²) < 4.78 is 279. The average Bonchev–Trinajstić information content (AvgIpc) is 0.911. The van der Waals surface area contributed by atoms with Gasteiger partial charge in [-0.3, -0.25) is 0 Å². The Morgan fingerprint density at radius 1 is 0.193 bits per heavy atom. The van der Waals surface area contributed by atoms with Crippen molar-refractivity contribution in [2.45, 2.75) is 38.5 Å². The molecular weight excluding hydrogens is 1440 g/mol. The first-order chi connectivity index (χ1) is 71.0. The van der Waals surface area contributed by atoms with Crippen LogP contribution in [0.1, 0.15) is 91.1 Å². The Balaban J connectivity index is 0.000000132. The Labute approximate surface area is 736 Å². The van der Waals surface area contributed by atoms with Gasteiger partial charge in [0.25, 0.3) is 0 Å². The van der Waals surface area contributed by atoms with E-state index >= 15 is 0 Å². The highest BCUT2D eigenvalue weighted by Crippen LogP contribution is 2.56. The van der Waals surface area contributed by atoms with Gasteiger partial charge in [0.1, 0.15) is 5.82 Å². The molecule has 0 fully saturated rings. The summed E-state index contributed by atoms with van der Waals surface area (Å²) in [5, 5.41) is 3.14. The zero-order chi connectivity index (χ0) is 106. The predicted octanol–water partition coefficient (Wildman–Crippen LogP) is 32.9. The minimum Gasteiger partial charge on any atom is -0.207 e. The maximum Gasteiger partial charge on any atom is 0.123 e. The van der Waals surface area contributed by atoms with Crippen LogP contribution in [-0.2, 0) is 10.8 Å². The lowest BCUT2D eigenvalue weighted by Gasteiger charge is -2.24. The van der Waals surface area contributed by atoms with E-state index in [-0.39, 0.29) is 117 Å². The summed E-state index contributed by atoms with van der Waals surface area (Å²) in [5.74, 6) is -0.402. The molecule has 0 heterocycles. The molecule has 0 nitrogen and oxygen atoms in total. The lowest BCUT2D eigenvalue weighted by molar-refractivity contribution is 0.630. The molecule has 0 N–H and O–H groups in total. The minimum absolute atomic E-state index is 0.00550. The van der Waals surface area contributed by atoms with E-state index in [9.17, 15) is 12.6 Å². The lowest BCUT2D eigenvalue weighted by Crippen LogP contribution is -2.16. The van der Waals surface area contributed by atoms with E-state index < -0.39 is 168 Å². The molecule has 2 aliphatic rings. The van der Waals surface area contributed by atoms with E-state index in [1.807, 2.05) is 140 Å². The Kier molecular flexibility index (Phi) is 11.6. The molecule has 2 aliphatic carbocycles. The number of halogens is 1. The Hall–Kier alpha value is -14.6. The van der Waals surface area contributed by atoms with Crippen LogP contribution in [0.5, 0.6) is 0 Å². The van der Waals surface area contributed by atoms with Crippen LogP contribution in [0, 0.1) is 5.82 Å². The standard InChI is InChI=1S/C42H28.C41H30.C35H25F/c1-3-14-29(15-4-1)33-19-7-8-20-35(33)42-38-23-11-9-21-36(38)41(37-22-10-12-24-39(37)42)32-27-26-31-18-13-25-34(40(31)28-32)30-16-5-2-6-17-30;1-41(2)37-22-11-10-15-31(37)36-21-12-20-30(40(36)41)27-23-25-29(26-24-27)39-34-18-8-6-16-32(34)38(28-13-4-3-5-14-28)33-17-7-9-19-35(33)39;1-35(2)31-15-9-8-12-25(31)26-18-16-23(20-32(26)35)34-28-14-7-6-13-27(28)33(22-10-4-3-5-11-22)30-21-24(36)17-19-29(30)34/h1-28H;3-26H,1-2H3;3-21H,1-2H3/i1D,3D,4D,9D,10D,11D,12D,14D,15D,21D,22D,23D,24D;3D,4D,5D,6D,7D,8D,9D,13D,14D,16D,17D,18D,19D;6D,7D,13D,14D. The highest BCUT2D eigenvalue weighted by molar-refractivity contribution is 6.25. The normalized spacial score (nSPS) is 16.2. The second kappa shape index (κ2) is 29.6. The van der Waals surface area contributed by atoms with Crippen molar-refractivity contribution in [2.24, 2.45) is 0 Å². The Morgan fingerprint density at radius 2 is 0.555 bits per heavy atom. The number of hydrogen-bond acceptors (Lipinski definition) is 0. The van der Waals surface area contributed by atoms with Crippen molar-refractivity contribution < 1.29 is 45.5 Å². The molecule has 562 valence electrons. The minimum atomic E-state index is -0.702. The maximum atomic E-state index is 14.9. The lowest BCUT2D eigenvalue weighted by atomic mass is 9.78. The molecule has 0 atom stereocenters. The second-order valence-electron chi connectivity index (χ2n) is 30.6. The zero-order valence-electron chi connectivity index (χ0n) is 94.5. The van der Waals surface area contributed by atoms with Crippen molar-refractivity contribution >= 4 is 75.4 Å². The number of fused-ring (bicyclic) bond motifs is 13. The molecule has 0 aromatic heterocycles. The van der Waals surface area contributed by atoms with Crippen molar-refractivity contribution in [3.05, 3.63) is 458 Å². The van der Waals surface area contributed by atoms with Crippen LogP contribution in [-0.4, -0.2) is 0 Å². The quantitative estimate of drug-likeness (QED) is 0.126. The summed E-state index contributed by atoms with van der Waals surface area (Å²) in [6.07, 6.45) is 0. The zero-order valence-corrected chi connectivity index (χ0v) is 64.5. The molecule has 0 radical (unpaired) electrons. The van der Waals surface area contributed by atoms with Crippen LogP contribution in [0.25, 0.3) is 198 Å². The monoisotopic (exact) mass is 1550 g/mol. The van der Waals surface area contributed by atoms with Gasteiger partial charge in [0.05, 0.1) is 41.1 Å². The van der Waals surface area contributed by atoms with Gasteiger partial charge in [0, 0.05) is 10.8 Å². The van der Waals surface area contributed by atoms with Gasteiger partial charge in [-0.05, 0) is 244 Å². The van der Waals surface area contributed by atoms with Crippen LogP contribution in [0.2, 0.25) is 0 Å². The largest absolute Gasteiger partial charge is 0.207 e. The average molecular weight is 1550 g/mol. The smallest absolute Gasteiger partial charge is 0.123 e.